The molecule has 1 fully saturated rings. The summed E-state index contributed by atoms with van der Waals surface area (Å²) in [5.74, 6) is -3.04. The summed E-state index contributed by atoms with van der Waals surface area (Å²) in [5.41, 5.74) is 5.01. The molecule has 2 aliphatic rings. The number of carboxylic acid groups (broad SMARTS) is 1. The minimum atomic E-state index is -1.25. The molecule has 41 heavy (non-hydrogen) atoms. The summed E-state index contributed by atoms with van der Waals surface area (Å²) in [5, 5.41) is 36.5. The molecule has 0 aliphatic carbocycles. The van der Waals surface area contributed by atoms with Gasteiger partial charge in [-0.15, -0.1) is 23.1 Å². The number of thioether (sulfide) groups is 1. The number of hydrogen-bond acceptors (Lipinski definition) is 12. The number of carbonyl (C=O) groups excluding carboxylic acids is 2. The quantitative estimate of drug-likeness (QED) is 0.0692. The lowest BCUT2D eigenvalue weighted by Gasteiger charge is -2.49. The van der Waals surface area contributed by atoms with Gasteiger partial charge in [0.05, 0.1) is 6.20 Å². The number of β-lactam (4-membered cyclic amide) rings is 1. The van der Waals surface area contributed by atoms with E-state index < -0.39 is 47.0 Å². The number of nitrogens with two attached hydrogens (primary N) is 1. The summed E-state index contributed by atoms with van der Waals surface area (Å²) in [6.07, 6.45) is 4.36. The van der Waals surface area contributed by atoms with E-state index in [1.54, 1.807) is 17.0 Å². The Balaban J connectivity index is 1.33. The number of nitrogens with one attached hydrogen (secondary N) is 1. The maximum Gasteiger partial charge on any atom is 0.352 e. The van der Waals surface area contributed by atoms with Crippen molar-refractivity contribution in [2.75, 3.05) is 11.5 Å². The predicted molar refractivity (Wildman–Crippen MR) is 144 cm³/mol. The van der Waals surface area contributed by atoms with Crippen LogP contribution in [0.3, 0.4) is 0 Å². The molecule has 15 nitrogen and oxygen atoms in total. The summed E-state index contributed by atoms with van der Waals surface area (Å²) in [6.45, 7) is -0.183. The highest BCUT2D eigenvalue weighted by molar-refractivity contribution is 8.00. The number of carboxylic acids is 1. The third-order valence-electron chi connectivity index (χ3n) is 6.12. The highest BCUT2D eigenvalue weighted by atomic mass is 32.2. The smallest absolute Gasteiger partial charge is 0.352 e. The van der Waals surface area contributed by atoms with Crippen molar-refractivity contribution in [3.8, 4) is 5.75 Å². The van der Waals surface area contributed by atoms with Crippen LogP contribution in [0.4, 0.5) is 5.13 Å². The topological polar surface area (TPSA) is 214 Å². The Hall–Kier alpha value is -4.90. The fraction of sp³-hybridized carbons (Fsp3) is 0.208. The number of oxime groups is 1. The van der Waals surface area contributed by atoms with Gasteiger partial charge in [-0.3, -0.25) is 19.3 Å². The molecule has 5 rings (SSSR count). The molecule has 17 heteroatoms. The molecular formula is C24H22N7O8S2+. The number of hydrogen-bond donors (Lipinski definition) is 5. The Morgan fingerprint density at radius 1 is 1.27 bits per heavy atom. The molecule has 212 valence electrons. The number of amides is 2. The van der Waals surface area contributed by atoms with Crippen molar-refractivity contribution in [1.82, 2.24) is 19.9 Å². The number of pyridine rings is 2. The fourth-order valence-corrected chi connectivity index (χ4v) is 6.08. The van der Waals surface area contributed by atoms with Crippen LogP contribution < -0.4 is 21.0 Å². The molecular weight excluding hydrogens is 578 g/mol. The third kappa shape index (κ3) is 5.57. The van der Waals surface area contributed by atoms with Gasteiger partial charge in [0.2, 0.25) is 5.43 Å². The molecule has 0 spiro atoms. The Morgan fingerprint density at radius 3 is 2.71 bits per heavy atom. The van der Waals surface area contributed by atoms with Crippen LogP contribution in [0.5, 0.6) is 5.75 Å². The zero-order valence-electron chi connectivity index (χ0n) is 20.9. The first-order valence-electron chi connectivity index (χ1n) is 11.8. The molecule has 2 aliphatic heterocycles. The van der Waals surface area contributed by atoms with Crippen LogP contribution in [0, 0.1) is 0 Å². The number of fused-ring (bicyclic) bond motifs is 1. The van der Waals surface area contributed by atoms with Crippen LogP contribution in [0.25, 0.3) is 0 Å². The van der Waals surface area contributed by atoms with Crippen molar-refractivity contribution < 1.29 is 39.2 Å². The molecule has 0 unspecified atom stereocenters. The van der Waals surface area contributed by atoms with Gasteiger partial charge >= 0.3 is 5.97 Å². The summed E-state index contributed by atoms with van der Waals surface area (Å²) in [7, 11) is 0. The third-order valence-corrected chi connectivity index (χ3v) is 8.14. The SMILES string of the molecule is Nc1nc(/C(=N\OCc2cc(=O)c(O)cn2O)C(=O)N[C@H]2C(=O)N3C(C(=O)O)=C(C[n+]4ccccc4)CS[C@@H]23)cs1. The van der Waals surface area contributed by atoms with Crippen LogP contribution in [-0.4, -0.2) is 70.7 Å². The number of aliphatic carboxylic acids is 1. The van der Waals surface area contributed by atoms with Gasteiger partial charge in [-0.1, -0.05) is 11.2 Å². The number of nitrogens with zero attached hydrogens (tertiary/aromatic N) is 5. The molecule has 0 aromatic carbocycles. The summed E-state index contributed by atoms with van der Waals surface area (Å²) >= 11 is 2.35. The minimum absolute atomic E-state index is 0.0466. The van der Waals surface area contributed by atoms with Gasteiger partial charge in [0.25, 0.3) is 11.8 Å². The van der Waals surface area contributed by atoms with E-state index in [1.165, 1.54) is 22.0 Å². The van der Waals surface area contributed by atoms with Gasteiger partial charge in [0.1, 0.15) is 28.5 Å². The van der Waals surface area contributed by atoms with E-state index in [1.807, 2.05) is 18.2 Å². The van der Waals surface area contributed by atoms with E-state index in [2.05, 4.69) is 15.5 Å². The number of carbonyl (C=O) groups is 3. The second kappa shape index (κ2) is 11.3. The van der Waals surface area contributed by atoms with Crippen molar-refractivity contribution >= 4 is 51.7 Å². The average molecular weight is 601 g/mol. The van der Waals surface area contributed by atoms with Gasteiger partial charge in [-0.25, -0.2) is 14.3 Å². The number of aromatic hydroxyl groups is 1. The molecule has 0 radical (unpaired) electrons. The number of anilines is 1. The van der Waals surface area contributed by atoms with Gasteiger partial charge in [0, 0.05) is 34.9 Å². The number of aromatic nitrogens is 3. The van der Waals surface area contributed by atoms with Crippen molar-refractivity contribution in [2.24, 2.45) is 5.16 Å². The minimum Gasteiger partial charge on any atom is -0.503 e. The second-order valence-corrected chi connectivity index (χ2v) is 10.8. The lowest BCUT2D eigenvalue weighted by atomic mass is 10.0. The molecule has 0 saturated carbocycles. The first kappa shape index (κ1) is 27.7. The number of thiazole rings is 1. The molecule has 5 heterocycles. The Labute approximate surface area is 238 Å². The van der Waals surface area contributed by atoms with Gasteiger partial charge in [0.15, 0.2) is 42.1 Å². The van der Waals surface area contributed by atoms with E-state index in [4.69, 9.17) is 10.6 Å². The van der Waals surface area contributed by atoms with E-state index in [0.29, 0.717) is 16.1 Å². The van der Waals surface area contributed by atoms with Crippen LogP contribution in [0.1, 0.15) is 11.4 Å². The van der Waals surface area contributed by atoms with E-state index in [9.17, 15) is 34.6 Å². The summed E-state index contributed by atoms with van der Waals surface area (Å²) < 4.78 is 2.27. The Kier molecular flexibility index (Phi) is 7.62. The second-order valence-electron chi connectivity index (χ2n) is 8.81. The maximum atomic E-state index is 13.3. The monoisotopic (exact) mass is 600 g/mol. The van der Waals surface area contributed by atoms with Crippen LogP contribution in [-0.2, 0) is 32.4 Å². The summed E-state index contributed by atoms with van der Waals surface area (Å²) in [4.78, 5) is 60.6. The van der Waals surface area contributed by atoms with Crippen molar-refractivity contribution in [2.45, 2.75) is 24.6 Å². The Morgan fingerprint density at radius 2 is 2.02 bits per heavy atom. The van der Waals surface area contributed by atoms with Crippen molar-refractivity contribution in [1.29, 1.82) is 0 Å². The number of rotatable bonds is 9. The van der Waals surface area contributed by atoms with Crippen molar-refractivity contribution in [3.05, 3.63) is 81.1 Å². The van der Waals surface area contributed by atoms with Gasteiger partial charge < -0.3 is 31.3 Å². The zero-order chi connectivity index (χ0) is 29.3. The van der Waals surface area contributed by atoms with Gasteiger partial charge in [-0.2, -0.15) is 4.73 Å². The van der Waals surface area contributed by atoms with Crippen LogP contribution in [0.2, 0.25) is 0 Å². The molecule has 2 atom stereocenters. The highest BCUT2D eigenvalue weighted by Crippen LogP contribution is 2.40. The fourth-order valence-electron chi connectivity index (χ4n) is 4.20. The highest BCUT2D eigenvalue weighted by Gasteiger charge is 2.54. The van der Waals surface area contributed by atoms with Crippen LogP contribution >= 0.6 is 23.1 Å². The lowest BCUT2D eigenvalue weighted by molar-refractivity contribution is -0.689. The zero-order valence-corrected chi connectivity index (χ0v) is 22.5. The van der Waals surface area contributed by atoms with Crippen molar-refractivity contribution in [3.63, 3.8) is 0 Å². The lowest BCUT2D eigenvalue weighted by Crippen LogP contribution is -2.71. The molecule has 6 N–H and O–H groups in total. The normalized spacial score (nSPS) is 18.5. The standard InChI is InChI=1S/C24H21N7O8S2/c25-24-26-14(11-41-24)17(28-39-9-13-6-15(32)16(33)8-30(13)38)20(34)27-18-21(35)31-19(23(36)37)12(10-40-22(18)31)7-29-4-2-1-3-5-29/h1-6,8,11,18,22,38H,7,9-10H2,(H4-,25,26,27,33,34,36,37)/p+1/b28-17+/t18-,22-/m0/s1. The molecule has 1 saturated heterocycles. The van der Waals surface area contributed by atoms with Gasteiger partial charge in [-0.05, 0) is 0 Å². The predicted octanol–water partition coefficient (Wildman–Crippen LogP) is -0.523. The van der Waals surface area contributed by atoms with E-state index >= 15 is 0 Å². The first-order valence-corrected chi connectivity index (χ1v) is 13.8. The molecule has 3 aromatic rings. The Bertz CT molecular complexity index is 1650. The summed E-state index contributed by atoms with van der Waals surface area (Å²) in [6, 6.07) is 5.33. The van der Waals surface area contributed by atoms with E-state index in [0.717, 1.165) is 23.6 Å². The number of nitrogen functional groups attached to an aromatic ring is 1. The molecule has 0 bridgehead atoms. The largest absolute Gasteiger partial charge is 0.503 e. The maximum absolute atomic E-state index is 13.3. The average Bonchev–Trinajstić information content (AvgIpc) is 3.38. The first-order chi connectivity index (χ1) is 19.6. The van der Waals surface area contributed by atoms with Crippen LogP contribution in [0.15, 0.2) is 69.5 Å². The van der Waals surface area contributed by atoms with E-state index in [-0.39, 0.29) is 34.5 Å². The molecule has 2 amide bonds. The molecule has 3 aromatic heterocycles.